The molecule has 7 nitrogen and oxygen atoms in total. The Morgan fingerprint density at radius 1 is 1.03 bits per heavy atom. The molecule has 0 saturated carbocycles. The van der Waals surface area contributed by atoms with Gasteiger partial charge in [0.05, 0.1) is 7.11 Å². The van der Waals surface area contributed by atoms with E-state index in [1.807, 2.05) is 18.2 Å². The lowest BCUT2D eigenvalue weighted by Gasteiger charge is -2.11. The molecule has 1 aromatic heterocycles. The fourth-order valence-electron chi connectivity index (χ4n) is 2.67. The van der Waals surface area contributed by atoms with Gasteiger partial charge in [0.2, 0.25) is 0 Å². The summed E-state index contributed by atoms with van der Waals surface area (Å²) in [5.41, 5.74) is 1.04. The fraction of sp³-hybridized carbons (Fsp3) is 0.136. The van der Waals surface area contributed by atoms with Gasteiger partial charge in [-0.1, -0.05) is 24.3 Å². The lowest BCUT2D eigenvalue weighted by Crippen LogP contribution is -2.32. The van der Waals surface area contributed by atoms with Crippen molar-refractivity contribution in [2.45, 2.75) is 13.5 Å². The van der Waals surface area contributed by atoms with Crippen molar-refractivity contribution in [1.29, 1.82) is 0 Å². The number of aromatic nitrogens is 1. The van der Waals surface area contributed by atoms with Crippen LogP contribution in [0.25, 0.3) is 0 Å². The maximum Gasteiger partial charge on any atom is 0.295 e. The van der Waals surface area contributed by atoms with Crippen molar-refractivity contribution in [2.24, 2.45) is 0 Å². The van der Waals surface area contributed by atoms with Gasteiger partial charge >= 0.3 is 0 Å². The van der Waals surface area contributed by atoms with Gasteiger partial charge in [0.15, 0.2) is 5.78 Å². The summed E-state index contributed by atoms with van der Waals surface area (Å²) in [5, 5.41) is 2.63. The third-order valence-electron chi connectivity index (χ3n) is 4.19. The molecular weight excluding hydrogens is 372 g/mol. The van der Waals surface area contributed by atoms with Gasteiger partial charge in [-0.15, -0.1) is 0 Å². The Balaban J connectivity index is 1.75. The predicted octanol–water partition coefficient (Wildman–Crippen LogP) is 2.94. The molecule has 0 aliphatic rings. The second kappa shape index (κ2) is 8.88. The summed E-state index contributed by atoms with van der Waals surface area (Å²) in [5.74, 6) is -0.0245. The number of carbonyl (C=O) groups is 2. The first-order valence-corrected chi connectivity index (χ1v) is 8.88. The minimum absolute atomic E-state index is 0.0774. The highest BCUT2D eigenvalue weighted by Gasteiger charge is 2.14. The molecule has 29 heavy (non-hydrogen) atoms. The van der Waals surface area contributed by atoms with Crippen LogP contribution >= 0.6 is 0 Å². The molecule has 3 aromatic rings. The molecule has 2 aromatic carbocycles. The van der Waals surface area contributed by atoms with Crippen LogP contribution in [0.15, 0.2) is 71.7 Å². The predicted molar refractivity (Wildman–Crippen MR) is 108 cm³/mol. The number of methoxy groups -OCH3 is 1. The van der Waals surface area contributed by atoms with Gasteiger partial charge in [-0.25, -0.2) is 0 Å². The number of ether oxygens (including phenoxy) is 1. The molecule has 0 spiro atoms. The summed E-state index contributed by atoms with van der Waals surface area (Å²) in [7, 11) is 1.57. The molecule has 148 valence electrons. The first-order valence-electron chi connectivity index (χ1n) is 8.88. The monoisotopic (exact) mass is 392 g/mol. The van der Waals surface area contributed by atoms with Crippen LogP contribution in [0.3, 0.4) is 0 Å². The SMILES string of the molecule is COc1cccc(COn2cccc(C(=O)Nc3cccc(C(C)=O)c3)c2=O)c1. The zero-order chi connectivity index (χ0) is 20.8. The van der Waals surface area contributed by atoms with E-state index >= 15 is 0 Å². The van der Waals surface area contributed by atoms with Crippen LogP contribution in [0.5, 0.6) is 5.75 Å². The number of carbonyl (C=O) groups excluding carboxylic acids is 2. The summed E-state index contributed by atoms with van der Waals surface area (Å²) < 4.78 is 6.18. The van der Waals surface area contributed by atoms with Crippen LogP contribution < -0.4 is 20.5 Å². The Labute approximate surface area is 167 Å². The highest BCUT2D eigenvalue weighted by atomic mass is 16.7. The van der Waals surface area contributed by atoms with Gasteiger partial charge < -0.3 is 14.9 Å². The maximum absolute atomic E-state index is 12.6. The van der Waals surface area contributed by atoms with Crippen LogP contribution in [0.1, 0.15) is 33.2 Å². The first kappa shape index (κ1) is 19.9. The summed E-state index contributed by atoms with van der Waals surface area (Å²) in [6, 6.07) is 16.7. The third kappa shape index (κ3) is 4.90. The Bertz CT molecular complexity index is 1100. The first-order chi connectivity index (χ1) is 14.0. The van der Waals surface area contributed by atoms with Gasteiger partial charge in [0, 0.05) is 17.4 Å². The normalized spacial score (nSPS) is 10.3. The number of pyridine rings is 1. The van der Waals surface area contributed by atoms with Crippen LogP contribution in [-0.4, -0.2) is 23.5 Å². The lowest BCUT2D eigenvalue weighted by atomic mass is 10.1. The number of nitrogens with one attached hydrogen (secondary N) is 1. The van der Waals surface area contributed by atoms with Crippen LogP contribution in [0.2, 0.25) is 0 Å². The number of hydrogen-bond donors (Lipinski definition) is 1. The van der Waals surface area contributed by atoms with Crippen molar-refractivity contribution in [3.63, 3.8) is 0 Å². The smallest absolute Gasteiger partial charge is 0.295 e. The Morgan fingerprint density at radius 2 is 1.83 bits per heavy atom. The Hall–Kier alpha value is -3.87. The molecule has 0 unspecified atom stereocenters. The van der Waals surface area contributed by atoms with Gasteiger partial charge in [0.25, 0.3) is 11.5 Å². The molecule has 1 N–H and O–H groups in total. The molecule has 0 fully saturated rings. The van der Waals surface area contributed by atoms with Crippen LogP contribution in [0, 0.1) is 0 Å². The van der Waals surface area contributed by atoms with Crippen molar-refractivity contribution < 1.29 is 19.2 Å². The molecule has 1 heterocycles. The molecule has 1 amide bonds. The van der Waals surface area contributed by atoms with Crippen molar-refractivity contribution in [3.8, 4) is 5.75 Å². The zero-order valence-electron chi connectivity index (χ0n) is 16.0. The highest BCUT2D eigenvalue weighted by Crippen LogP contribution is 2.13. The van der Waals surface area contributed by atoms with E-state index < -0.39 is 11.5 Å². The lowest BCUT2D eigenvalue weighted by molar-refractivity contribution is 0.0862. The minimum Gasteiger partial charge on any atom is -0.497 e. The van der Waals surface area contributed by atoms with Gasteiger partial charge in [-0.3, -0.25) is 14.4 Å². The molecule has 0 saturated heterocycles. The van der Waals surface area contributed by atoms with Crippen molar-refractivity contribution in [2.75, 3.05) is 12.4 Å². The standard InChI is InChI=1S/C22H20N2O5/c1-15(25)17-7-4-8-18(13-17)23-21(26)20-10-5-11-24(22(20)27)29-14-16-6-3-9-19(12-16)28-2/h3-13H,14H2,1-2H3,(H,23,26). The van der Waals surface area contributed by atoms with E-state index in [1.165, 1.54) is 19.2 Å². The van der Waals surface area contributed by atoms with E-state index in [1.54, 1.807) is 43.5 Å². The largest absolute Gasteiger partial charge is 0.497 e. The molecular formula is C22H20N2O5. The molecule has 0 aliphatic carbocycles. The molecule has 0 aliphatic heterocycles. The van der Waals surface area contributed by atoms with Crippen molar-refractivity contribution >= 4 is 17.4 Å². The summed E-state index contributed by atoms with van der Waals surface area (Å²) in [6.45, 7) is 1.57. The van der Waals surface area contributed by atoms with E-state index in [0.29, 0.717) is 17.0 Å². The average molecular weight is 392 g/mol. The highest BCUT2D eigenvalue weighted by molar-refractivity contribution is 6.04. The number of ketones is 1. The number of anilines is 1. The second-order valence-corrected chi connectivity index (χ2v) is 6.27. The quantitative estimate of drug-likeness (QED) is 0.625. The van der Waals surface area contributed by atoms with E-state index in [0.717, 1.165) is 10.3 Å². The summed E-state index contributed by atoms with van der Waals surface area (Å²) in [4.78, 5) is 42.2. The van der Waals surface area contributed by atoms with Gasteiger partial charge in [-0.05, 0) is 48.9 Å². The maximum atomic E-state index is 12.6. The molecule has 0 bridgehead atoms. The fourth-order valence-corrected chi connectivity index (χ4v) is 2.67. The third-order valence-corrected chi connectivity index (χ3v) is 4.19. The van der Waals surface area contributed by atoms with Crippen LogP contribution in [-0.2, 0) is 6.61 Å². The van der Waals surface area contributed by atoms with E-state index in [4.69, 9.17) is 9.57 Å². The minimum atomic E-state index is -0.588. The molecule has 0 radical (unpaired) electrons. The van der Waals surface area contributed by atoms with E-state index in [2.05, 4.69) is 5.32 Å². The number of hydrogen-bond acceptors (Lipinski definition) is 5. The van der Waals surface area contributed by atoms with E-state index in [-0.39, 0.29) is 18.0 Å². The Morgan fingerprint density at radius 3 is 2.59 bits per heavy atom. The van der Waals surface area contributed by atoms with Gasteiger partial charge in [-0.2, -0.15) is 4.73 Å². The molecule has 7 heteroatoms. The Kier molecular flexibility index (Phi) is 6.09. The zero-order valence-corrected chi connectivity index (χ0v) is 16.0. The number of amides is 1. The molecule has 0 atom stereocenters. The van der Waals surface area contributed by atoms with Gasteiger partial charge in [0.1, 0.15) is 17.9 Å². The number of benzene rings is 2. The van der Waals surface area contributed by atoms with Crippen LogP contribution in [0.4, 0.5) is 5.69 Å². The number of Topliss-reactive ketones (excluding diaryl/α,β-unsaturated/α-hetero) is 1. The topological polar surface area (TPSA) is 86.6 Å². The second-order valence-electron chi connectivity index (χ2n) is 6.27. The molecule has 3 rings (SSSR count). The average Bonchev–Trinajstić information content (AvgIpc) is 2.73. The number of nitrogens with zero attached hydrogens (tertiary/aromatic N) is 1. The summed E-state index contributed by atoms with van der Waals surface area (Å²) >= 11 is 0. The van der Waals surface area contributed by atoms with Crippen molar-refractivity contribution in [3.05, 3.63) is 93.9 Å². The number of rotatable bonds is 7. The van der Waals surface area contributed by atoms with E-state index in [9.17, 15) is 14.4 Å². The summed E-state index contributed by atoms with van der Waals surface area (Å²) in [6.07, 6.45) is 1.44. The van der Waals surface area contributed by atoms with Crippen molar-refractivity contribution in [1.82, 2.24) is 4.73 Å².